The third-order valence-corrected chi connectivity index (χ3v) is 4.29. The Labute approximate surface area is 119 Å². The molecule has 0 unspecified atom stereocenters. The number of anilines is 1. The summed E-state index contributed by atoms with van der Waals surface area (Å²) >= 11 is 3.67. The lowest BCUT2D eigenvalue weighted by Gasteiger charge is -2.34. The summed E-state index contributed by atoms with van der Waals surface area (Å²) in [5, 5.41) is 3.63. The Bertz CT molecular complexity index is 384. The molecule has 1 fully saturated rings. The van der Waals surface area contributed by atoms with Gasteiger partial charge in [-0.2, -0.15) is 0 Å². The summed E-state index contributed by atoms with van der Waals surface area (Å²) < 4.78 is 1.22. The van der Waals surface area contributed by atoms with Gasteiger partial charge in [0.2, 0.25) is 0 Å². The van der Waals surface area contributed by atoms with Gasteiger partial charge in [0.1, 0.15) is 0 Å². The summed E-state index contributed by atoms with van der Waals surface area (Å²) in [7, 11) is 0. The van der Waals surface area contributed by atoms with Crippen LogP contribution < -0.4 is 10.2 Å². The van der Waals surface area contributed by atoms with Crippen LogP contribution in [0.4, 0.5) is 5.69 Å². The fraction of sp³-hybridized carbons (Fsp3) is 0.600. The molecule has 0 atom stereocenters. The van der Waals surface area contributed by atoms with Crippen molar-refractivity contribution in [3.63, 3.8) is 0 Å². The van der Waals surface area contributed by atoms with Crippen LogP contribution in [0.2, 0.25) is 0 Å². The standard InChI is InChI=1S/C15H23BrN2/c1-3-8-17-13-6-9-18(10-7-13)15-11-12(2)4-5-14(15)16/h4-5,11,13,17H,3,6-10H2,1-2H3. The molecule has 100 valence electrons. The second-order valence-corrected chi connectivity index (χ2v) is 6.02. The fourth-order valence-electron chi connectivity index (χ4n) is 2.54. The number of nitrogens with one attached hydrogen (secondary N) is 1. The zero-order chi connectivity index (χ0) is 13.0. The average molecular weight is 311 g/mol. The van der Waals surface area contributed by atoms with Gasteiger partial charge >= 0.3 is 0 Å². The minimum Gasteiger partial charge on any atom is -0.370 e. The van der Waals surface area contributed by atoms with Crippen molar-refractivity contribution in [2.24, 2.45) is 0 Å². The van der Waals surface area contributed by atoms with E-state index in [4.69, 9.17) is 0 Å². The first kappa shape index (κ1) is 13.9. The molecule has 0 saturated carbocycles. The Kier molecular flexibility index (Phi) is 5.07. The third-order valence-electron chi connectivity index (χ3n) is 3.62. The van der Waals surface area contributed by atoms with Crippen molar-refractivity contribution >= 4 is 21.6 Å². The molecule has 18 heavy (non-hydrogen) atoms. The first-order chi connectivity index (χ1) is 8.70. The predicted octanol–water partition coefficient (Wildman–Crippen LogP) is 3.73. The van der Waals surface area contributed by atoms with E-state index in [2.05, 4.69) is 58.2 Å². The van der Waals surface area contributed by atoms with Gasteiger partial charge in [-0.1, -0.05) is 13.0 Å². The van der Waals surface area contributed by atoms with Crippen LogP contribution in [0.25, 0.3) is 0 Å². The van der Waals surface area contributed by atoms with E-state index in [9.17, 15) is 0 Å². The molecule has 0 aliphatic carbocycles. The monoisotopic (exact) mass is 310 g/mol. The van der Waals surface area contributed by atoms with Crippen molar-refractivity contribution < 1.29 is 0 Å². The molecule has 0 aromatic heterocycles. The second kappa shape index (κ2) is 6.58. The topological polar surface area (TPSA) is 15.3 Å². The summed E-state index contributed by atoms with van der Waals surface area (Å²) in [5.74, 6) is 0. The highest BCUT2D eigenvalue weighted by Crippen LogP contribution is 2.29. The van der Waals surface area contributed by atoms with E-state index in [0.717, 1.165) is 19.6 Å². The molecule has 1 saturated heterocycles. The Morgan fingerprint density at radius 3 is 2.72 bits per heavy atom. The summed E-state index contributed by atoms with van der Waals surface area (Å²) in [6, 6.07) is 7.31. The molecular formula is C15H23BrN2. The van der Waals surface area contributed by atoms with Gasteiger partial charge in [-0.15, -0.1) is 0 Å². The predicted molar refractivity (Wildman–Crippen MR) is 82.4 cm³/mol. The van der Waals surface area contributed by atoms with Gasteiger partial charge in [0, 0.05) is 23.6 Å². The Morgan fingerprint density at radius 2 is 2.06 bits per heavy atom. The van der Waals surface area contributed by atoms with Gasteiger partial charge in [0.15, 0.2) is 0 Å². The number of rotatable bonds is 4. The van der Waals surface area contributed by atoms with Gasteiger partial charge in [0.25, 0.3) is 0 Å². The Morgan fingerprint density at radius 1 is 1.33 bits per heavy atom. The maximum atomic E-state index is 3.67. The van der Waals surface area contributed by atoms with E-state index in [0.29, 0.717) is 6.04 Å². The van der Waals surface area contributed by atoms with Crippen LogP contribution in [0.15, 0.2) is 22.7 Å². The minimum absolute atomic E-state index is 0.713. The number of benzene rings is 1. The molecule has 2 nitrogen and oxygen atoms in total. The Balaban J connectivity index is 1.94. The van der Waals surface area contributed by atoms with Crippen LogP contribution in [0.3, 0.4) is 0 Å². The molecule has 1 aliphatic rings. The van der Waals surface area contributed by atoms with Gasteiger partial charge < -0.3 is 10.2 Å². The average Bonchev–Trinajstić information content (AvgIpc) is 2.40. The fourth-order valence-corrected chi connectivity index (χ4v) is 3.04. The minimum atomic E-state index is 0.713. The highest BCUT2D eigenvalue weighted by molar-refractivity contribution is 9.10. The van der Waals surface area contributed by atoms with Crippen LogP contribution >= 0.6 is 15.9 Å². The maximum Gasteiger partial charge on any atom is 0.0513 e. The zero-order valence-corrected chi connectivity index (χ0v) is 13.0. The number of hydrogen-bond acceptors (Lipinski definition) is 2. The first-order valence-corrected chi connectivity index (χ1v) is 7.74. The van der Waals surface area contributed by atoms with E-state index >= 15 is 0 Å². The number of halogens is 1. The molecule has 3 heteroatoms. The van der Waals surface area contributed by atoms with Crippen molar-refractivity contribution in [2.75, 3.05) is 24.5 Å². The van der Waals surface area contributed by atoms with Crippen LogP contribution in [0, 0.1) is 6.92 Å². The van der Waals surface area contributed by atoms with Gasteiger partial charge in [-0.25, -0.2) is 0 Å². The van der Waals surface area contributed by atoms with E-state index < -0.39 is 0 Å². The van der Waals surface area contributed by atoms with Gasteiger partial charge in [-0.3, -0.25) is 0 Å². The van der Waals surface area contributed by atoms with Crippen LogP contribution in [-0.4, -0.2) is 25.7 Å². The van der Waals surface area contributed by atoms with Crippen LogP contribution in [-0.2, 0) is 0 Å². The highest BCUT2D eigenvalue weighted by Gasteiger charge is 2.19. The third kappa shape index (κ3) is 3.48. The van der Waals surface area contributed by atoms with E-state index in [1.807, 2.05) is 0 Å². The van der Waals surface area contributed by atoms with Crippen molar-refractivity contribution in [1.82, 2.24) is 5.32 Å². The number of aryl methyl sites for hydroxylation is 1. The zero-order valence-electron chi connectivity index (χ0n) is 11.4. The second-order valence-electron chi connectivity index (χ2n) is 5.17. The van der Waals surface area contributed by atoms with E-state index in [-0.39, 0.29) is 0 Å². The van der Waals surface area contributed by atoms with Gasteiger partial charge in [-0.05, 0) is 66.4 Å². The molecule has 1 N–H and O–H groups in total. The molecular weight excluding hydrogens is 288 g/mol. The van der Waals surface area contributed by atoms with Gasteiger partial charge in [0.05, 0.1) is 5.69 Å². The maximum absolute atomic E-state index is 3.67. The summed E-state index contributed by atoms with van der Waals surface area (Å²) in [6.07, 6.45) is 3.73. The number of piperidine rings is 1. The number of nitrogens with zero attached hydrogens (tertiary/aromatic N) is 1. The SMILES string of the molecule is CCCNC1CCN(c2cc(C)ccc2Br)CC1. The van der Waals surface area contributed by atoms with Crippen LogP contribution in [0.5, 0.6) is 0 Å². The van der Waals surface area contributed by atoms with Crippen molar-refractivity contribution in [3.8, 4) is 0 Å². The molecule has 0 spiro atoms. The lowest BCUT2D eigenvalue weighted by atomic mass is 10.0. The number of hydrogen-bond donors (Lipinski definition) is 1. The molecule has 0 radical (unpaired) electrons. The van der Waals surface area contributed by atoms with Crippen LogP contribution in [0.1, 0.15) is 31.7 Å². The molecule has 0 amide bonds. The molecule has 1 aromatic rings. The van der Waals surface area contributed by atoms with Crippen molar-refractivity contribution in [2.45, 2.75) is 39.2 Å². The highest BCUT2D eigenvalue weighted by atomic mass is 79.9. The first-order valence-electron chi connectivity index (χ1n) is 6.95. The molecule has 0 bridgehead atoms. The molecule has 1 heterocycles. The molecule has 2 rings (SSSR count). The molecule has 1 aromatic carbocycles. The Hall–Kier alpha value is -0.540. The van der Waals surface area contributed by atoms with E-state index in [1.54, 1.807) is 0 Å². The summed E-state index contributed by atoms with van der Waals surface area (Å²) in [4.78, 5) is 2.50. The molecule has 1 aliphatic heterocycles. The summed E-state index contributed by atoms with van der Waals surface area (Å²) in [5.41, 5.74) is 2.68. The van der Waals surface area contributed by atoms with Crippen molar-refractivity contribution in [1.29, 1.82) is 0 Å². The smallest absolute Gasteiger partial charge is 0.0513 e. The van der Waals surface area contributed by atoms with Crippen molar-refractivity contribution in [3.05, 3.63) is 28.2 Å². The lowest BCUT2D eigenvalue weighted by molar-refractivity contribution is 0.415. The lowest BCUT2D eigenvalue weighted by Crippen LogP contribution is -2.42. The van der Waals surface area contributed by atoms with E-state index in [1.165, 1.54) is 35.0 Å². The summed E-state index contributed by atoms with van der Waals surface area (Å²) in [6.45, 7) is 7.85. The quantitative estimate of drug-likeness (QED) is 0.911. The normalized spacial score (nSPS) is 17.2. The largest absolute Gasteiger partial charge is 0.370 e.